The summed E-state index contributed by atoms with van der Waals surface area (Å²) in [5, 5.41) is 0. The molecule has 0 radical (unpaired) electrons. The summed E-state index contributed by atoms with van der Waals surface area (Å²) < 4.78 is 5.39. The number of hydrogen-bond acceptors (Lipinski definition) is 5. The number of allylic oxidation sites excluding steroid dienone is 2. The summed E-state index contributed by atoms with van der Waals surface area (Å²) in [5.74, 6) is -2.48. The zero-order valence-corrected chi connectivity index (χ0v) is 16.5. The van der Waals surface area contributed by atoms with Crippen molar-refractivity contribution < 1.29 is 23.9 Å². The Morgan fingerprint density at radius 1 is 0.900 bits per heavy atom. The van der Waals surface area contributed by atoms with Crippen molar-refractivity contribution in [3.8, 4) is 0 Å². The number of imide groups is 1. The molecule has 0 aromatic heterocycles. The van der Waals surface area contributed by atoms with Gasteiger partial charge in [0.25, 0.3) is 0 Å². The first-order valence-corrected chi connectivity index (χ1v) is 9.91. The van der Waals surface area contributed by atoms with Gasteiger partial charge in [-0.1, -0.05) is 54.6 Å². The van der Waals surface area contributed by atoms with E-state index in [9.17, 15) is 19.2 Å². The summed E-state index contributed by atoms with van der Waals surface area (Å²) in [6, 6.07) is 14.9. The molecule has 6 heteroatoms. The number of Topliss-reactive ketones (excluding diaryl/α,β-unsaturated/α-hetero) is 1. The Morgan fingerprint density at radius 3 is 2.10 bits per heavy atom. The van der Waals surface area contributed by atoms with Crippen molar-refractivity contribution in [2.75, 3.05) is 4.90 Å². The van der Waals surface area contributed by atoms with E-state index in [-0.39, 0.29) is 28.8 Å². The Morgan fingerprint density at radius 2 is 1.47 bits per heavy atom. The van der Waals surface area contributed by atoms with Crippen LogP contribution in [0.3, 0.4) is 0 Å². The molecule has 0 N–H and O–H groups in total. The molecule has 152 valence electrons. The fraction of sp³-hybridized carbons (Fsp3) is 0.250. The lowest BCUT2D eigenvalue weighted by Crippen LogP contribution is -2.33. The van der Waals surface area contributed by atoms with Gasteiger partial charge in [0.1, 0.15) is 0 Å². The minimum atomic E-state index is -1.01. The van der Waals surface area contributed by atoms with Gasteiger partial charge in [0, 0.05) is 5.56 Å². The van der Waals surface area contributed by atoms with Gasteiger partial charge in [-0.2, -0.15) is 0 Å². The molecule has 2 aromatic carbocycles. The van der Waals surface area contributed by atoms with Crippen LogP contribution in [0.15, 0.2) is 66.7 Å². The number of anilines is 1. The van der Waals surface area contributed by atoms with Gasteiger partial charge in [0.2, 0.25) is 17.6 Å². The first kappa shape index (κ1) is 19.8. The third-order valence-electron chi connectivity index (χ3n) is 5.58. The van der Waals surface area contributed by atoms with Crippen molar-refractivity contribution in [3.05, 3.63) is 77.9 Å². The molecule has 30 heavy (non-hydrogen) atoms. The number of ether oxygens (including phenoxy) is 1. The van der Waals surface area contributed by atoms with Crippen LogP contribution in [0.25, 0.3) is 0 Å². The number of carbonyl (C=O) groups is 4. The predicted molar refractivity (Wildman–Crippen MR) is 110 cm³/mol. The highest BCUT2D eigenvalue weighted by Crippen LogP contribution is 2.38. The molecular weight excluding hydrogens is 382 g/mol. The highest BCUT2D eigenvalue weighted by molar-refractivity contribution is 6.24. The Hall–Kier alpha value is -3.54. The molecule has 3 atom stereocenters. The molecule has 1 aliphatic heterocycles. The maximum Gasteiger partial charge on any atom is 0.340 e. The molecular formula is C24H21NO5. The van der Waals surface area contributed by atoms with E-state index in [0.717, 1.165) is 4.90 Å². The average Bonchev–Trinajstić information content (AvgIpc) is 3.04. The van der Waals surface area contributed by atoms with Crippen molar-refractivity contribution in [2.24, 2.45) is 11.8 Å². The van der Waals surface area contributed by atoms with Gasteiger partial charge in [0.15, 0.2) is 6.10 Å². The molecule has 1 heterocycles. The first-order valence-electron chi connectivity index (χ1n) is 9.91. The largest absolute Gasteiger partial charge is 0.451 e. The first-order chi connectivity index (χ1) is 14.5. The smallest absolute Gasteiger partial charge is 0.340 e. The molecule has 2 aromatic rings. The summed E-state index contributed by atoms with van der Waals surface area (Å²) >= 11 is 0. The second kappa shape index (κ2) is 8.06. The molecule has 2 amide bonds. The fourth-order valence-electron chi connectivity index (χ4n) is 3.99. The SMILES string of the molecule is C[C@@H](OC(=O)c1ccccc1N1C(=O)[C@H]2CC=CC[C@H]2C1=O)C(=O)c1ccccc1. The molecule has 0 saturated carbocycles. The molecule has 2 aliphatic rings. The highest BCUT2D eigenvalue weighted by atomic mass is 16.5. The van der Waals surface area contributed by atoms with E-state index in [1.165, 1.54) is 13.0 Å². The molecule has 1 aliphatic carbocycles. The quantitative estimate of drug-likeness (QED) is 0.330. The number of hydrogen-bond donors (Lipinski definition) is 0. The number of fused-ring (bicyclic) bond motifs is 1. The van der Waals surface area contributed by atoms with Crippen LogP contribution in [0, 0.1) is 11.8 Å². The normalized spacial score (nSPS) is 21.3. The van der Waals surface area contributed by atoms with Gasteiger partial charge in [-0.25, -0.2) is 9.69 Å². The summed E-state index contributed by atoms with van der Waals surface area (Å²) in [7, 11) is 0. The number of rotatable bonds is 5. The van der Waals surface area contributed by atoms with Gasteiger partial charge in [0.05, 0.1) is 23.1 Å². The van der Waals surface area contributed by atoms with Crippen molar-refractivity contribution in [1.29, 1.82) is 0 Å². The van der Waals surface area contributed by atoms with E-state index < -0.39 is 23.9 Å². The van der Waals surface area contributed by atoms with Gasteiger partial charge >= 0.3 is 5.97 Å². The third kappa shape index (κ3) is 3.45. The van der Waals surface area contributed by atoms with E-state index in [4.69, 9.17) is 4.74 Å². The van der Waals surface area contributed by atoms with Crippen LogP contribution in [0.2, 0.25) is 0 Å². The number of benzene rings is 2. The Bertz CT molecular complexity index is 1020. The molecule has 0 unspecified atom stereocenters. The molecule has 4 rings (SSSR count). The maximum absolute atomic E-state index is 12.9. The molecule has 1 saturated heterocycles. The average molecular weight is 403 g/mol. The van der Waals surface area contributed by atoms with E-state index in [2.05, 4.69) is 0 Å². The number of para-hydroxylation sites is 1. The predicted octanol–water partition coefficient (Wildman–Crippen LogP) is 3.57. The fourth-order valence-corrected chi connectivity index (χ4v) is 3.99. The second-order valence-corrected chi connectivity index (χ2v) is 7.46. The summed E-state index contributed by atoms with van der Waals surface area (Å²) in [4.78, 5) is 52.3. The van der Waals surface area contributed by atoms with Crippen LogP contribution in [0.5, 0.6) is 0 Å². The van der Waals surface area contributed by atoms with E-state index >= 15 is 0 Å². The van der Waals surface area contributed by atoms with Gasteiger partial charge < -0.3 is 4.74 Å². The van der Waals surface area contributed by atoms with Crippen molar-refractivity contribution in [3.63, 3.8) is 0 Å². The van der Waals surface area contributed by atoms with Crippen LogP contribution < -0.4 is 4.90 Å². The van der Waals surface area contributed by atoms with Gasteiger partial charge in [-0.05, 0) is 31.9 Å². The van der Waals surface area contributed by atoms with Gasteiger partial charge in [-0.3, -0.25) is 14.4 Å². The monoisotopic (exact) mass is 403 g/mol. The van der Waals surface area contributed by atoms with Crippen molar-refractivity contribution in [2.45, 2.75) is 25.9 Å². The van der Waals surface area contributed by atoms with Crippen molar-refractivity contribution in [1.82, 2.24) is 0 Å². The molecule has 0 bridgehead atoms. The Balaban J connectivity index is 1.58. The van der Waals surface area contributed by atoms with Crippen LogP contribution in [-0.2, 0) is 14.3 Å². The zero-order valence-electron chi connectivity index (χ0n) is 16.5. The number of nitrogens with zero attached hydrogens (tertiary/aromatic N) is 1. The summed E-state index contributed by atoms with van der Waals surface area (Å²) in [6.45, 7) is 1.50. The lowest BCUT2D eigenvalue weighted by Gasteiger charge is -2.19. The van der Waals surface area contributed by atoms with E-state index in [1.807, 2.05) is 12.2 Å². The lowest BCUT2D eigenvalue weighted by atomic mass is 9.85. The second-order valence-electron chi connectivity index (χ2n) is 7.46. The van der Waals surface area contributed by atoms with Crippen LogP contribution in [0.4, 0.5) is 5.69 Å². The van der Waals surface area contributed by atoms with Gasteiger partial charge in [-0.15, -0.1) is 0 Å². The molecule has 6 nitrogen and oxygen atoms in total. The highest BCUT2D eigenvalue weighted by Gasteiger charge is 2.48. The number of amides is 2. The standard InChI is InChI=1S/C24H21NO5/c1-15(21(26)16-9-3-2-4-10-16)30-24(29)19-13-7-8-14-20(19)25-22(27)17-11-5-6-12-18(17)23(25)28/h2-10,13-15,17-18H,11-12H2,1H3/t15-,17-,18+/m1/s1. The minimum Gasteiger partial charge on any atom is -0.451 e. The topological polar surface area (TPSA) is 80.8 Å². The Labute approximate surface area is 174 Å². The third-order valence-corrected chi connectivity index (χ3v) is 5.58. The van der Waals surface area contributed by atoms with Crippen LogP contribution in [-0.4, -0.2) is 29.7 Å². The number of ketones is 1. The number of carbonyl (C=O) groups excluding carboxylic acids is 4. The van der Waals surface area contributed by atoms with E-state index in [1.54, 1.807) is 48.5 Å². The zero-order chi connectivity index (χ0) is 21.3. The maximum atomic E-state index is 12.9. The lowest BCUT2D eigenvalue weighted by molar-refractivity contribution is -0.122. The summed E-state index contributed by atoms with van der Waals surface area (Å²) in [6.07, 6.45) is 3.84. The minimum absolute atomic E-state index is 0.0820. The molecule has 0 spiro atoms. The number of esters is 1. The molecule has 1 fully saturated rings. The van der Waals surface area contributed by atoms with Crippen LogP contribution in [0.1, 0.15) is 40.5 Å². The van der Waals surface area contributed by atoms with E-state index in [0.29, 0.717) is 18.4 Å². The summed E-state index contributed by atoms with van der Waals surface area (Å²) in [5.41, 5.74) is 0.720. The van der Waals surface area contributed by atoms with Crippen molar-refractivity contribution >= 4 is 29.3 Å². The Kier molecular flexibility index (Phi) is 5.31. The van der Waals surface area contributed by atoms with Crippen LogP contribution >= 0.6 is 0 Å².